The van der Waals surface area contributed by atoms with Gasteiger partial charge in [0.25, 0.3) is 0 Å². The molecule has 0 saturated heterocycles. The molecule has 0 N–H and O–H groups in total. The van der Waals surface area contributed by atoms with Gasteiger partial charge in [-0.2, -0.15) is 0 Å². The predicted octanol–water partition coefficient (Wildman–Crippen LogP) is 3.95. The Balaban J connectivity index is 1.88. The molecule has 4 heteroatoms. The molecule has 0 spiro atoms. The van der Waals surface area contributed by atoms with Gasteiger partial charge in [0.1, 0.15) is 5.69 Å². The van der Waals surface area contributed by atoms with Gasteiger partial charge in [0.15, 0.2) is 12.2 Å². The van der Waals surface area contributed by atoms with E-state index in [1.165, 1.54) is 6.39 Å². The predicted molar refractivity (Wildman–Crippen MR) is 80.5 cm³/mol. The Morgan fingerprint density at radius 2 is 1.76 bits per heavy atom. The molecule has 4 rings (SSSR count). The molecule has 0 bridgehead atoms. The van der Waals surface area contributed by atoms with Gasteiger partial charge in [-0.1, -0.05) is 12.1 Å². The third-order valence-corrected chi connectivity index (χ3v) is 3.34. The normalized spacial score (nSPS) is 10.9. The molecule has 0 fully saturated rings. The molecule has 0 amide bonds. The third-order valence-electron chi connectivity index (χ3n) is 3.34. The van der Waals surface area contributed by atoms with Gasteiger partial charge in [0.2, 0.25) is 0 Å². The van der Waals surface area contributed by atoms with Gasteiger partial charge < -0.3 is 4.42 Å². The van der Waals surface area contributed by atoms with Gasteiger partial charge in [-0.05, 0) is 36.4 Å². The van der Waals surface area contributed by atoms with Gasteiger partial charge in [0, 0.05) is 23.3 Å². The van der Waals surface area contributed by atoms with Gasteiger partial charge in [-0.25, -0.2) is 4.98 Å². The standard InChI is InChI=1S/C17H11N3O/c1-2-8-19-15(5-1)16-17(21-11-20-16)13-6-7-14-12(10-13)4-3-9-18-14/h1-11H. The molecule has 21 heavy (non-hydrogen) atoms. The van der Waals surface area contributed by atoms with Crippen molar-refractivity contribution in [1.29, 1.82) is 0 Å². The number of rotatable bonds is 2. The minimum absolute atomic E-state index is 0.722. The van der Waals surface area contributed by atoms with Crippen LogP contribution in [0.15, 0.2) is 71.7 Å². The van der Waals surface area contributed by atoms with Crippen LogP contribution in [0.2, 0.25) is 0 Å². The molecule has 0 radical (unpaired) electrons. The topological polar surface area (TPSA) is 51.8 Å². The van der Waals surface area contributed by atoms with Crippen molar-refractivity contribution in [2.24, 2.45) is 0 Å². The first-order valence-electron chi connectivity index (χ1n) is 6.62. The third kappa shape index (κ3) is 2.07. The van der Waals surface area contributed by atoms with Gasteiger partial charge in [-0.15, -0.1) is 0 Å². The Bertz CT molecular complexity index is 900. The summed E-state index contributed by atoms with van der Waals surface area (Å²) in [6.07, 6.45) is 4.99. The van der Waals surface area contributed by atoms with Gasteiger partial charge in [0.05, 0.1) is 11.2 Å². The fourth-order valence-corrected chi connectivity index (χ4v) is 2.35. The average Bonchev–Trinajstić information content (AvgIpc) is 3.05. The first kappa shape index (κ1) is 11.8. The van der Waals surface area contributed by atoms with E-state index in [1.54, 1.807) is 12.4 Å². The van der Waals surface area contributed by atoms with Crippen LogP contribution in [0, 0.1) is 0 Å². The highest BCUT2D eigenvalue weighted by Crippen LogP contribution is 2.31. The maximum atomic E-state index is 5.58. The van der Waals surface area contributed by atoms with Crippen LogP contribution in [0.1, 0.15) is 0 Å². The zero-order valence-corrected chi connectivity index (χ0v) is 11.1. The van der Waals surface area contributed by atoms with Crippen molar-refractivity contribution in [2.45, 2.75) is 0 Å². The van der Waals surface area contributed by atoms with Crippen molar-refractivity contribution in [2.75, 3.05) is 0 Å². The average molecular weight is 273 g/mol. The van der Waals surface area contributed by atoms with Crippen LogP contribution in [-0.4, -0.2) is 15.0 Å². The van der Waals surface area contributed by atoms with Crippen molar-refractivity contribution in [3.63, 3.8) is 0 Å². The number of hydrogen-bond acceptors (Lipinski definition) is 4. The van der Waals surface area contributed by atoms with Crippen molar-refractivity contribution in [3.8, 4) is 22.7 Å². The van der Waals surface area contributed by atoms with E-state index in [2.05, 4.69) is 21.0 Å². The molecule has 0 aliphatic heterocycles. The summed E-state index contributed by atoms with van der Waals surface area (Å²) in [5.41, 5.74) is 3.47. The molecule has 100 valence electrons. The first-order valence-corrected chi connectivity index (χ1v) is 6.62. The second kappa shape index (κ2) is 4.83. The van der Waals surface area contributed by atoms with Crippen LogP contribution in [-0.2, 0) is 0 Å². The fraction of sp³-hybridized carbons (Fsp3) is 0. The summed E-state index contributed by atoms with van der Waals surface area (Å²) < 4.78 is 5.58. The summed E-state index contributed by atoms with van der Waals surface area (Å²) in [7, 11) is 0. The molecule has 1 aromatic carbocycles. The summed E-state index contributed by atoms with van der Waals surface area (Å²) in [5.74, 6) is 0.722. The molecule has 0 unspecified atom stereocenters. The summed E-state index contributed by atoms with van der Waals surface area (Å²) >= 11 is 0. The lowest BCUT2D eigenvalue weighted by Gasteiger charge is -2.03. The largest absolute Gasteiger partial charge is 0.443 e. The summed E-state index contributed by atoms with van der Waals surface area (Å²) in [6, 6.07) is 15.7. The molecule has 3 heterocycles. The highest BCUT2D eigenvalue weighted by molar-refractivity contribution is 5.86. The zero-order chi connectivity index (χ0) is 14.1. The minimum Gasteiger partial charge on any atom is -0.443 e. The van der Waals surface area contributed by atoms with Crippen molar-refractivity contribution in [3.05, 3.63) is 67.3 Å². The second-order valence-electron chi connectivity index (χ2n) is 4.66. The molecule has 0 aliphatic carbocycles. The molecule has 4 aromatic rings. The van der Waals surface area contributed by atoms with E-state index in [-0.39, 0.29) is 0 Å². The highest BCUT2D eigenvalue weighted by atomic mass is 16.3. The maximum Gasteiger partial charge on any atom is 0.182 e. The summed E-state index contributed by atoms with van der Waals surface area (Å²) in [5, 5.41) is 1.07. The van der Waals surface area contributed by atoms with E-state index >= 15 is 0 Å². The monoisotopic (exact) mass is 273 g/mol. The number of nitrogens with zero attached hydrogens (tertiary/aromatic N) is 3. The fourth-order valence-electron chi connectivity index (χ4n) is 2.35. The minimum atomic E-state index is 0.722. The quantitative estimate of drug-likeness (QED) is 0.555. The van der Waals surface area contributed by atoms with Crippen molar-refractivity contribution >= 4 is 10.9 Å². The van der Waals surface area contributed by atoms with Crippen LogP contribution in [0.3, 0.4) is 0 Å². The van der Waals surface area contributed by atoms with Crippen molar-refractivity contribution in [1.82, 2.24) is 15.0 Å². The van der Waals surface area contributed by atoms with Gasteiger partial charge in [-0.3, -0.25) is 9.97 Å². The number of hydrogen-bond donors (Lipinski definition) is 0. The lowest BCUT2D eigenvalue weighted by Crippen LogP contribution is -1.86. The highest BCUT2D eigenvalue weighted by Gasteiger charge is 2.14. The molecular weight excluding hydrogens is 262 g/mol. The van der Waals surface area contributed by atoms with E-state index in [0.29, 0.717) is 0 Å². The second-order valence-corrected chi connectivity index (χ2v) is 4.66. The number of fused-ring (bicyclic) bond motifs is 1. The summed E-state index contributed by atoms with van der Waals surface area (Å²) in [4.78, 5) is 13.0. The Kier molecular flexibility index (Phi) is 2.71. The zero-order valence-electron chi connectivity index (χ0n) is 11.1. The first-order chi connectivity index (χ1) is 10.4. The molecule has 0 saturated carbocycles. The van der Waals surface area contributed by atoms with E-state index in [4.69, 9.17) is 4.42 Å². The van der Waals surface area contributed by atoms with Crippen LogP contribution >= 0.6 is 0 Å². The number of pyridine rings is 2. The lowest BCUT2D eigenvalue weighted by atomic mass is 10.1. The van der Waals surface area contributed by atoms with Crippen LogP contribution in [0.4, 0.5) is 0 Å². The molecule has 0 aliphatic rings. The van der Waals surface area contributed by atoms with Crippen LogP contribution in [0.25, 0.3) is 33.6 Å². The van der Waals surface area contributed by atoms with Crippen LogP contribution < -0.4 is 0 Å². The molecule has 3 aromatic heterocycles. The Hall–Kier alpha value is -3.01. The van der Waals surface area contributed by atoms with Crippen LogP contribution in [0.5, 0.6) is 0 Å². The SMILES string of the molecule is c1ccc(-c2ncoc2-c2ccc3ncccc3c2)nc1. The molecule has 4 nitrogen and oxygen atoms in total. The smallest absolute Gasteiger partial charge is 0.182 e. The lowest BCUT2D eigenvalue weighted by molar-refractivity contribution is 0.572. The Morgan fingerprint density at radius 1 is 0.810 bits per heavy atom. The van der Waals surface area contributed by atoms with E-state index < -0.39 is 0 Å². The Morgan fingerprint density at radius 3 is 2.67 bits per heavy atom. The number of benzene rings is 1. The van der Waals surface area contributed by atoms with Crippen molar-refractivity contribution < 1.29 is 4.42 Å². The Labute approximate surface area is 121 Å². The maximum absolute atomic E-state index is 5.58. The molecule has 0 atom stereocenters. The van der Waals surface area contributed by atoms with Gasteiger partial charge >= 0.3 is 0 Å². The molecular formula is C17H11N3O. The van der Waals surface area contributed by atoms with E-state index in [1.807, 2.05) is 42.5 Å². The summed E-state index contributed by atoms with van der Waals surface area (Å²) in [6.45, 7) is 0. The number of oxazole rings is 1. The van der Waals surface area contributed by atoms with E-state index in [9.17, 15) is 0 Å². The van der Waals surface area contributed by atoms with E-state index in [0.717, 1.165) is 33.6 Å². The number of aromatic nitrogens is 3.